The average Bonchev–Trinajstić information content (AvgIpc) is 3.08. The molecule has 1 spiro atoms. The van der Waals surface area contributed by atoms with E-state index in [0.717, 1.165) is 6.54 Å². The van der Waals surface area contributed by atoms with Gasteiger partial charge in [0.25, 0.3) is 0 Å². The van der Waals surface area contributed by atoms with Gasteiger partial charge >= 0.3 is 0 Å². The molecule has 2 aliphatic heterocycles. The van der Waals surface area contributed by atoms with Crippen LogP contribution in [-0.2, 0) is 0 Å². The van der Waals surface area contributed by atoms with Crippen LogP contribution >= 0.6 is 11.8 Å². The molecule has 2 heterocycles. The molecule has 3 rings (SSSR count). The lowest BCUT2D eigenvalue weighted by Crippen LogP contribution is -2.45. The fourth-order valence-electron chi connectivity index (χ4n) is 3.79. The number of likely N-dealkylation sites (tertiary alicyclic amines) is 1. The van der Waals surface area contributed by atoms with Crippen molar-refractivity contribution in [2.45, 2.75) is 57.4 Å². The van der Waals surface area contributed by atoms with Crippen molar-refractivity contribution in [3.05, 3.63) is 0 Å². The minimum absolute atomic E-state index is 0.403. The topological polar surface area (TPSA) is 27.6 Å². The number of hydrogen-bond acceptors (Lipinski definition) is 3. The van der Waals surface area contributed by atoms with Crippen molar-refractivity contribution in [2.24, 2.45) is 10.9 Å². The van der Waals surface area contributed by atoms with Crippen LogP contribution in [0.1, 0.15) is 51.9 Å². The molecule has 0 amide bonds. The highest BCUT2D eigenvalue weighted by Crippen LogP contribution is 2.36. The summed E-state index contributed by atoms with van der Waals surface area (Å²) >= 11 is 1.96. The van der Waals surface area contributed by atoms with E-state index < -0.39 is 0 Å². The lowest BCUT2D eigenvalue weighted by Gasteiger charge is -2.32. The maximum atomic E-state index is 4.86. The van der Waals surface area contributed by atoms with Gasteiger partial charge in [-0.15, -0.1) is 0 Å². The van der Waals surface area contributed by atoms with Crippen molar-refractivity contribution in [1.29, 1.82) is 0 Å². The van der Waals surface area contributed by atoms with Crippen molar-refractivity contribution in [3.63, 3.8) is 0 Å². The largest absolute Gasteiger partial charge is 0.359 e. The van der Waals surface area contributed by atoms with Crippen molar-refractivity contribution < 1.29 is 0 Å². The van der Waals surface area contributed by atoms with Crippen LogP contribution in [-0.4, -0.2) is 47.5 Å². The maximum absolute atomic E-state index is 4.86. The number of nitrogens with zero attached hydrogens (tertiary/aromatic N) is 2. The summed E-state index contributed by atoms with van der Waals surface area (Å²) in [6, 6.07) is 0. The summed E-state index contributed by atoms with van der Waals surface area (Å²) in [6.45, 7) is 7.17. The summed E-state index contributed by atoms with van der Waals surface area (Å²) < 4.78 is 0. The number of amidine groups is 1. The zero-order valence-electron chi connectivity index (χ0n) is 12.9. The van der Waals surface area contributed by atoms with Gasteiger partial charge in [0.2, 0.25) is 0 Å². The molecule has 3 nitrogen and oxygen atoms in total. The van der Waals surface area contributed by atoms with Gasteiger partial charge in [0.05, 0.1) is 0 Å². The Labute approximate surface area is 128 Å². The number of aliphatic imine (C=N–C) groups is 1. The van der Waals surface area contributed by atoms with Gasteiger partial charge in [-0.05, 0) is 44.7 Å². The fraction of sp³-hybridized carbons (Fsp3) is 0.938. The predicted molar refractivity (Wildman–Crippen MR) is 88.5 cm³/mol. The predicted octanol–water partition coefficient (Wildman–Crippen LogP) is 3.11. The lowest BCUT2D eigenvalue weighted by molar-refractivity contribution is 0.290. The standard InChI is InChI=1S/C16H29N3S/c1-14(12-19-9-5-6-10-19)11-17-15-18-16(13-20-15)7-3-2-4-8-16/h14H,2-13H2,1H3,(H,17,18). The van der Waals surface area contributed by atoms with E-state index in [1.165, 1.54) is 75.5 Å². The van der Waals surface area contributed by atoms with E-state index in [2.05, 4.69) is 17.1 Å². The summed E-state index contributed by atoms with van der Waals surface area (Å²) in [5, 5.41) is 4.98. The van der Waals surface area contributed by atoms with Gasteiger partial charge in [0.1, 0.15) is 0 Å². The van der Waals surface area contributed by atoms with Crippen molar-refractivity contribution >= 4 is 16.9 Å². The first-order valence-electron chi connectivity index (χ1n) is 8.44. The van der Waals surface area contributed by atoms with E-state index in [9.17, 15) is 0 Å². The summed E-state index contributed by atoms with van der Waals surface area (Å²) in [6.07, 6.45) is 9.69. The summed E-state index contributed by atoms with van der Waals surface area (Å²) in [5.41, 5.74) is 0.403. The Morgan fingerprint density at radius 3 is 2.70 bits per heavy atom. The highest BCUT2D eigenvalue weighted by Gasteiger charge is 2.37. The van der Waals surface area contributed by atoms with Crippen LogP contribution in [0.3, 0.4) is 0 Å². The Hall–Kier alpha value is -0.220. The van der Waals surface area contributed by atoms with Gasteiger partial charge < -0.3 is 10.2 Å². The molecule has 2 saturated heterocycles. The number of hydrogen-bond donors (Lipinski definition) is 1. The summed E-state index contributed by atoms with van der Waals surface area (Å²) in [5.74, 6) is 1.93. The van der Waals surface area contributed by atoms with Crippen LogP contribution in [0, 0.1) is 5.92 Å². The highest BCUT2D eigenvalue weighted by atomic mass is 32.2. The zero-order chi connectivity index (χ0) is 13.8. The van der Waals surface area contributed by atoms with E-state index in [0.29, 0.717) is 11.5 Å². The molecule has 0 bridgehead atoms. The first-order chi connectivity index (χ1) is 9.76. The number of rotatable bonds is 4. The molecule has 1 saturated carbocycles. The molecular formula is C16H29N3S. The summed E-state index contributed by atoms with van der Waals surface area (Å²) in [7, 11) is 0. The normalized spacial score (nSPS) is 29.9. The highest BCUT2D eigenvalue weighted by molar-refractivity contribution is 8.14. The van der Waals surface area contributed by atoms with E-state index in [-0.39, 0.29) is 0 Å². The minimum atomic E-state index is 0.403. The van der Waals surface area contributed by atoms with E-state index in [1.54, 1.807) is 0 Å². The molecule has 0 radical (unpaired) electrons. The van der Waals surface area contributed by atoms with E-state index >= 15 is 0 Å². The van der Waals surface area contributed by atoms with Gasteiger partial charge in [0.15, 0.2) is 5.17 Å². The Morgan fingerprint density at radius 2 is 1.95 bits per heavy atom. The molecule has 4 heteroatoms. The molecule has 0 aromatic rings. The van der Waals surface area contributed by atoms with Crippen LogP contribution in [0.2, 0.25) is 0 Å². The molecule has 3 aliphatic rings. The summed E-state index contributed by atoms with van der Waals surface area (Å²) in [4.78, 5) is 7.46. The van der Waals surface area contributed by atoms with Crippen LogP contribution < -0.4 is 5.32 Å². The third-order valence-electron chi connectivity index (χ3n) is 4.98. The Morgan fingerprint density at radius 1 is 1.20 bits per heavy atom. The molecule has 1 N–H and O–H groups in total. The third-order valence-corrected chi connectivity index (χ3v) is 6.18. The molecule has 1 atom stereocenters. The van der Waals surface area contributed by atoms with Crippen molar-refractivity contribution in [3.8, 4) is 0 Å². The fourth-order valence-corrected chi connectivity index (χ4v) is 5.02. The van der Waals surface area contributed by atoms with Gasteiger partial charge in [-0.1, -0.05) is 37.9 Å². The van der Waals surface area contributed by atoms with E-state index in [4.69, 9.17) is 4.99 Å². The SMILES string of the molecule is CC(CN=C1NC2(CCCCC2)CS1)CN1CCCC1. The maximum Gasteiger partial charge on any atom is 0.157 e. The molecule has 1 unspecified atom stereocenters. The minimum Gasteiger partial charge on any atom is -0.359 e. The van der Waals surface area contributed by atoms with Crippen LogP contribution in [0.4, 0.5) is 0 Å². The molecule has 114 valence electrons. The quantitative estimate of drug-likeness (QED) is 0.863. The van der Waals surface area contributed by atoms with Gasteiger partial charge in [-0.3, -0.25) is 4.99 Å². The smallest absolute Gasteiger partial charge is 0.157 e. The van der Waals surface area contributed by atoms with Gasteiger partial charge in [-0.25, -0.2) is 0 Å². The zero-order valence-corrected chi connectivity index (χ0v) is 13.7. The second-order valence-electron chi connectivity index (χ2n) is 7.01. The van der Waals surface area contributed by atoms with Gasteiger partial charge in [0, 0.05) is 24.4 Å². The lowest BCUT2D eigenvalue weighted by atomic mass is 9.83. The Kier molecular flexibility index (Phi) is 4.92. The third kappa shape index (κ3) is 3.70. The van der Waals surface area contributed by atoms with Gasteiger partial charge in [-0.2, -0.15) is 0 Å². The number of thioether (sulfide) groups is 1. The molecule has 0 aromatic heterocycles. The average molecular weight is 295 g/mol. The van der Waals surface area contributed by atoms with Crippen LogP contribution in [0.15, 0.2) is 4.99 Å². The molecule has 20 heavy (non-hydrogen) atoms. The second-order valence-corrected chi connectivity index (χ2v) is 7.98. The monoisotopic (exact) mass is 295 g/mol. The van der Waals surface area contributed by atoms with Crippen molar-refractivity contribution in [2.75, 3.05) is 31.9 Å². The van der Waals surface area contributed by atoms with Crippen LogP contribution in [0.5, 0.6) is 0 Å². The molecule has 0 aromatic carbocycles. The Bertz CT molecular complexity index is 344. The molecular weight excluding hydrogens is 266 g/mol. The van der Waals surface area contributed by atoms with Crippen LogP contribution in [0.25, 0.3) is 0 Å². The first kappa shape index (κ1) is 14.7. The van der Waals surface area contributed by atoms with E-state index in [1.807, 2.05) is 11.8 Å². The second kappa shape index (κ2) is 6.69. The molecule has 3 fully saturated rings. The Balaban J connectivity index is 1.44. The number of nitrogens with one attached hydrogen (secondary N) is 1. The first-order valence-corrected chi connectivity index (χ1v) is 9.42. The van der Waals surface area contributed by atoms with Crippen molar-refractivity contribution in [1.82, 2.24) is 10.2 Å². The molecule has 1 aliphatic carbocycles.